The number of hydrogen-bond acceptors (Lipinski definition) is 1. The third-order valence-electron chi connectivity index (χ3n) is 2.15. The van der Waals surface area contributed by atoms with Crippen molar-refractivity contribution < 1.29 is 13.2 Å². The van der Waals surface area contributed by atoms with E-state index in [1.54, 1.807) is 6.92 Å². The van der Waals surface area contributed by atoms with Gasteiger partial charge in [-0.1, -0.05) is 6.07 Å². The first-order chi connectivity index (χ1) is 7.58. The van der Waals surface area contributed by atoms with E-state index in [9.17, 15) is 13.2 Å². The highest BCUT2D eigenvalue weighted by atomic mass is 19.2. The van der Waals surface area contributed by atoms with Crippen LogP contribution in [-0.4, -0.2) is 4.98 Å². The molecule has 1 heterocycles. The van der Waals surface area contributed by atoms with Crippen molar-refractivity contribution >= 4 is 0 Å². The lowest BCUT2D eigenvalue weighted by molar-refractivity contribution is 0.510. The number of benzene rings is 1. The van der Waals surface area contributed by atoms with Gasteiger partial charge in [-0.2, -0.15) is 0 Å². The maximum atomic E-state index is 13.4. The maximum Gasteiger partial charge on any atom is 0.168 e. The van der Waals surface area contributed by atoms with E-state index in [-0.39, 0.29) is 11.3 Å². The van der Waals surface area contributed by atoms with Crippen LogP contribution >= 0.6 is 0 Å². The smallest absolute Gasteiger partial charge is 0.168 e. The van der Waals surface area contributed by atoms with Crippen LogP contribution in [-0.2, 0) is 0 Å². The first-order valence-corrected chi connectivity index (χ1v) is 4.66. The van der Waals surface area contributed by atoms with E-state index >= 15 is 0 Å². The molecule has 0 atom stereocenters. The zero-order chi connectivity index (χ0) is 11.7. The Kier molecular flexibility index (Phi) is 2.64. The normalized spacial score (nSPS) is 10.5. The fourth-order valence-electron chi connectivity index (χ4n) is 1.47. The molecule has 0 saturated heterocycles. The minimum Gasteiger partial charge on any atom is -0.253 e. The van der Waals surface area contributed by atoms with Gasteiger partial charge in [0.1, 0.15) is 5.82 Å². The maximum absolute atomic E-state index is 13.4. The highest BCUT2D eigenvalue weighted by Gasteiger charge is 2.11. The molecule has 0 aliphatic rings. The number of nitrogens with zero attached hydrogens (tertiary/aromatic N) is 1. The van der Waals surface area contributed by atoms with Gasteiger partial charge >= 0.3 is 0 Å². The lowest BCUT2D eigenvalue weighted by Crippen LogP contribution is -1.94. The molecule has 0 aliphatic heterocycles. The molecule has 16 heavy (non-hydrogen) atoms. The van der Waals surface area contributed by atoms with Crippen LogP contribution in [0.4, 0.5) is 13.2 Å². The van der Waals surface area contributed by atoms with Crippen LogP contribution in [0, 0.1) is 24.4 Å². The van der Waals surface area contributed by atoms with Gasteiger partial charge in [0.2, 0.25) is 0 Å². The summed E-state index contributed by atoms with van der Waals surface area (Å²) in [6.07, 6.45) is 0. The standard InChI is InChI=1S/C12H8F3N/c1-7-5-8(13)6-11(16-7)9-3-2-4-10(14)12(9)15/h2-6H,1H3. The Morgan fingerprint density at radius 2 is 1.81 bits per heavy atom. The van der Waals surface area contributed by atoms with Crippen LogP contribution in [0.5, 0.6) is 0 Å². The lowest BCUT2D eigenvalue weighted by atomic mass is 10.1. The van der Waals surface area contributed by atoms with Crippen molar-refractivity contribution in [3.8, 4) is 11.3 Å². The van der Waals surface area contributed by atoms with Crippen molar-refractivity contribution in [2.75, 3.05) is 0 Å². The topological polar surface area (TPSA) is 12.9 Å². The Morgan fingerprint density at radius 1 is 1.06 bits per heavy atom. The molecule has 1 aromatic heterocycles. The van der Waals surface area contributed by atoms with Crippen molar-refractivity contribution in [2.24, 2.45) is 0 Å². The molecule has 0 N–H and O–H groups in total. The molecule has 4 heteroatoms. The van der Waals surface area contributed by atoms with Crippen LogP contribution in [0.3, 0.4) is 0 Å². The van der Waals surface area contributed by atoms with E-state index in [2.05, 4.69) is 4.98 Å². The Balaban J connectivity index is 2.63. The van der Waals surface area contributed by atoms with E-state index in [4.69, 9.17) is 0 Å². The third-order valence-corrected chi connectivity index (χ3v) is 2.15. The van der Waals surface area contributed by atoms with Crippen LogP contribution in [0.25, 0.3) is 11.3 Å². The van der Waals surface area contributed by atoms with Gasteiger partial charge in [-0.05, 0) is 25.1 Å². The number of halogens is 3. The summed E-state index contributed by atoms with van der Waals surface area (Å²) >= 11 is 0. The summed E-state index contributed by atoms with van der Waals surface area (Å²) in [5, 5.41) is 0. The zero-order valence-electron chi connectivity index (χ0n) is 8.47. The summed E-state index contributed by atoms with van der Waals surface area (Å²) in [4.78, 5) is 3.96. The molecule has 0 spiro atoms. The fourth-order valence-corrected chi connectivity index (χ4v) is 1.47. The number of hydrogen-bond donors (Lipinski definition) is 0. The van der Waals surface area contributed by atoms with Gasteiger partial charge in [-0.15, -0.1) is 0 Å². The van der Waals surface area contributed by atoms with Crippen LogP contribution in [0.2, 0.25) is 0 Å². The summed E-state index contributed by atoms with van der Waals surface area (Å²) < 4.78 is 39.5. The van der Waals surface area contributed by atoms with E-state index in [1.807, 2.05) is 0 Å². The van der Waals surface area contributed by atoms with E-state index in [0.29, 0.717) is 5.69 Å². The van der Waals surface area contributed by atoms with Crippen molar-refractivity contribution in [1.82, 2.24) is 4.98 Å². The highest BCUT2D eigenvalue weighted by molar-refractivity contribution is 5.60. The number of rotatable bonds is 1. The first kappa shape index (κ1) is 10.7. The molecule has 0 aliphatic carbocycles. The van der Waals surface area contributed by atoms with Crippen molar-refractivity contribution in [1.29, 1.82) is 0 Å². The second kappa shape index (κ2) is 3.96. The van der Waals surface area contributed by atoms with Gasteiger partial charge in [0.05, 0.1) is 5.69 Å². The molecule has 0 amide bonds. The molecule has 0 unspecified atom stereocenters. The Bertz CT molecular complexity index is 518. The van der Waals surface area contributed by atoms with Gasteiger partial charge in [0.25, 0.3) is 0 Å². The highest BCUT2D eigenvalue weighted by Crippen LogP contribution is 2.23. The molecule has 0 fully saturated rings. The third kappa shape index (κ3) is 1.91. The van der Waals surface area contributed by atoms with E-state index in [0.717, 1.165) is 12.1 Å². The van der Waals surface area contributed by atoms with Gasteiger partial charge in [0.15, 0.2) is 11.6 Å². The lowest BCUT2D eigenvalue weighted by Gasteiger charge is -2.04. The molecular weight excluding hydrogens is 215 g/mol. The van der Waals surface area contributed by atoms with Crippen LogP contribution in [0.1, 0.15) is 5.69 Å². The number of aromatic nitrogens is 1. The molecule has 1 nitrogen and oxygen atoms in total. The monoisotopic (exact) mass is 223 g/mol. The largest absolute Gasteiger partial charge is 0.253 e. The Hall–Kier alpha value is -1.84. The average molecular weight is 223 g/mol. The molecule has 0 bridgehead atoms. The van der Waals surface area contributed by atoms with Gasteiger partial charge in [0, 0.05) is 17.3 Å². The Labute approximate surface area is 90.6 Å². The Morgan fingerprint density at radius 3 is 2.50 bits per heavy atom. The van der Waals surface area contributed by atoms with E-state index in [1.165, 1.54) is 18.2 Å². The van der Waals surface area contributed by atoms with Gasteiger partial charge < -0.3 is 0 Å². The van der Waals surface area contributed by atoms with Crippen LogP contribution < -0.4 is 0 Å². The van der Waals surface area contributed by atoms with Gasteiger partial charge in [-0.25, -0.2) is 13.2 Å². The van der Waals surface area contributed by atoms with Crippen molar-refractivity contribution in [2.45, 2.75) is 6.92 Å². The predicted molar refractivity (Wildman–Crippen MR) is 54.3 cm³/mol. The molecule has 82 valence electrons. The molecule has 1 aromatic carbocycles. The molecular formula is C12H8F3N. The summed E-state index contributed by atoms with van der Waals surface area (Å²) in [6, 6.07) is 6.02. The molecule has 2 aromatic rings. The fraction of sp³-hybridized carbons (Fsp3) is 0.0833. The summed E-state index contributed by atoms with van der Waals surface area (Å²) in [6.45, 7) is 1.59. The minimum absolute atomic E-state index is 0.0393. The average Bonchev–Trinajstić information content (AvgIpc) is 2.20. The zero-order valence-corrected chi connectivity index (χ0v) is 8.47. The SMILES string of the molecule is Cc1cc(F)cc(-c2cccc(F)c2F)n1. The quantitative estimate of drug-likeness (QED) is 0.721. The second-order valence-electron chi connectivity index (χ2n) is 3.41. The van der Waals surface area contributed by atoms with E-state index < -0.39 is 17.5 Å². The molecule has 2 rings (SSSR count). The molecule has 0 radical (unpaired) electrons. The van der Waals surface area contributed by atoms with Gasteiger partial charge in [-0.3, -0.25) is 4.98 Å². The summed E-state index contributed by atoms with van der Waals surface area (Å²) in [7, 11) is 0. The number of aryl methyl sites for hydroxylation is 1. The predicted octanol–water partition coefficient (Wildman–Crippen LogP) is 3.47. The summed E-state index contributed by atoms with van der Waals surface area (Å²) in [5.41, 5.74) is 0.468. The number of pyridine rings is 1. The first-order valence-electron chi connectivity index (χ1n) is 4.66. The molecule has 0 saturated carbocycles. The van der Waals surface area contributed by atoms with Crippen molar-refractivity contribution in [3.05, 3.63) is 53.5 Å². The van der Waals surface area contributed by atoms with Crippen molar-refractivity contribution in [3.63, 3.8) is 0 Å². The second-order valence-corrected chi connectivity index (χ2v) is 3.41. The summed E-state index contributed by atoms with van der Waals surface area (Å²) in [5.74, 6) is -2.51. The van der Waals surface area contributed by atoms with Crippen LogP contribution in [0.15, 0.2) is 30.3 Å². The minimum atomic E-state index is -1.01.